The lowest BCUT2D eigenvalue weighted by Crippen LogP contribution is -2.31. The van der Waals surface area contributed by atoms with E-state index in [4.69, 9.17) is 0 Å². The van der Waals surface area contributed by atoms with Gasteiger partial charge in [-0.3, -0.25) is 14.5 Å². The molecular formula is C17H14FNO2. The molecule has 0 saturated heterocycles. The Morgan fingerprint density at radius 3 is 1.95 bits per heavy atom. The number of hydrogen-bond donors (Lipinski definition) is 0. The average Bonchev–Trinajstić information content (AvgIpc) is 2.78. The zero-order valence-corrected chi connectivity index (χ0v) is 11.3. The third kappa shape index (κ3) is 2.44. The second-order valence-electron chi connectivity index (χ2n) is 4.97. The van der Waals surface area contributed by atoms with Crippen LogP contribution in [0.25, 0.3) is 0 Å². The molecule has 0 spiro atoms. The lowest BCUT2D eigenvalue weighted by Gasteiger charge is -2.15. The van der Waals surface area contributed by atoms with Gasteiger partial charge in [-0.1, -0.05) is 42.5 Å². The molecule has 1 aliphatic rings. The van der Waals surface area contributed by atoms with Gasteiger partial charge in [0.05, 0.1) is 11.1 Å². The van der Waals surface area contributed by atoms with Crippen molar-refractivity contribution in [1.82, 2.24) is 4.90 Å². The van der Waals surface area contributed by atoms with Gasteiger partial charge in [0, 0.05) is 13.0 Å². The van der Waals surface area contributed by atoms with Crippen LogP contribution in [0.15, 0.2) is 54.6 Å². The quantitative estimate of drug-likeness (QED) is 0.807. The van der Waals surface area contributed by atoms with E-state index in [0.29, 0.717) is 16.7 Å². The molecule has 2 amide bonds. The molecule has 0 aromatic heterocycles. The van der Waals surface area contributed by atoms with E-state index in [2.05, 4.69) is 0 Å². The van der Waals surface area contributed by atoms with Crippen molar-refractivity contribution in [3.05, 3.63) is 71.3 Å². The largest absolute Gasteiger partial charge is 0.274 e. The molecular weight excluding hydrogens is 269 g/mol. The minimum absolute atomic E-state index is 0.0857. The molecule has 1 atom stereocenters. The van der Waals surface area contributed by atoms with E-state index >= 15 is 0 Å². The fourth-order valence-corrected chi connectivity index (χ4v) is 2.51. The fraction of sp³-hybridized carbons (Fsp3) is 0.176. The normalized spacial score (nSPS) is 15.2. The number of hydrogen-bond acceptors (Lipinski definition) is 2. The van der Waals surface area contributed by atoms with Gasteiger partial charge in [-0.05, 0) is 17.7 Å². The molecule has 0 aliphatic carbocycles. The summed E-state index contributed by atoms with van der Waals surface area (Å²) in [6.45, 7) is 0.0857. The monoisotopic (exact) mass is 283 g/mol. The van der Waals surface area contributed by atoms with Crippen LogP contribution in [0.5, 0.6) is 0 Å². The molecule has 3 rings (SSSR count). The predicted molar refractivity (Wildman–Crippen MR) is 76.7 cm³/mol. The van der Waals surface area contributed by atoms with Gasteiger partial charge in [-0.15, -0.1) is 0 Å². The second kappa shape index (κ2) is 5.48. The summed E-state index contributed by atoms with van der Waals surface area (Å²) in [5, 5.41) is 0. The Morgan fingerprint density at radius 1 is 0.857 bits per heavy atom. The Bertz CT molecular complexity index is 649. The van der Waals surface area contributed by atoms with Crippen molar-refractivity contribution < 1.29 is 14.0 Å². The van der Waals surface area contributed by atoms with Crippen LogP contribution in [0, 0.1) is 0 Å². The molecule has 1 unspecified atom stereocenters. The molecule has 0 N–H and O–H groups in total. The Labute approximate surface area is 122 Å². The number of amides is 2. The molecule has 0 bridgehead atoms. The number of imide groups is 1. The maximum Gasteiger partial charge on any atom is 0.261 e. The third-order valence-electron chi connectivity index (χ3n) is 3.65. The van der Waals surface area contributed by atoms with Crippen LogP contribution in [0.2, 0.25) is 0 Å². The number of rotatable bonds is 4. The van der Waals surface area contributed by atoms with Crippen molar-refractivity contribution in [2.45, 2.75) is 12.6 Å². The number of carbonyl (C=O) groups excluding carboxylic acids is 2. The van der Waals surface area contributed by atoms with Crippen LogP contribution in [-0.4, -0.2) is 23.3 Å². The topological polar surface area (TPSA) is 37.4 Å². The molecule has 106 valence electrons. The van der Waals surface area contributed by atoms with E-state index in [1.54, 1.807) is 48.5 Å². The number of nitrogens with zero attached hydrogens (tertiary/aromatic N) is 1. The van der Waals surface area contributed by atoms with Gasteiger partial charge in [0.15, 0.2) is 0 Å². The lowest BCUT2D eigenvalue weighted by molar-refractivity contribution is 0.0641. The first-order valence-electron chi connectivity index (χ1n) is 6.82. The summed E-state index contributed by atoms with van der Waals surface area (Å²) >= 11 is 0. The maximum atomic E-state index is 14.1. The van der Waals surface area contributed by atoms with E-state index < -0.39 is 6.17 Å². The van der Waals surface area contributed by atoms with E-state index in [1.165, 1.54) is 0 Å². The second-order valence-corrected chi connectivity index (χ2v) is 4.97. The number of fused-ring (bicyclic) bond motifs is 1. The van der Waals surface area contributed by atoms with Gasteiger partial charge in [0.25, 0.3) is 11.8 Å². The first kappa shape index (κ1) is 13.5. The highest BCUT2D eigenvalue weighted by Crippen LogP contribution is 2.26. The summed E-state index contributed by atoms with van der Waals surface area (Å²) in [4.78, 5) is 25.4. The zero-order chi connectivity index (χ0) is 14.8. The first-order chi connectivity index (χ1) is 10.2. The van der Waals surface area contributed by atoms with Gasteiger partial charge in [0.2, 0.25) is 0 Å². The molecule has 21 heavy (non-hydrogen) atoms. The van der Waals surface area contributed by atoms with Crippen LogP contribution < -0.4 is 0 Å². The van der Waals surface area contributed by atoms with Crippen molar-refractivity contribution in [3.8, 4) is 0 Å². The van der Waals surface area contributed by atoms with Gasteiger partial charge < -0.3 is 0 Å². The SMILES string of the molecule is O=C1c2ccccc2C(=O)N1CCC(F)c1ccccc1. The summed E-state index contributed by atoms with van der Waals surface area (Å²) in [6.07, 6.45) is -1.08. The summed E-state index contributed by atoms with van der Waals surface area (Å²) in [5.74, 6) is -0.674. The third-order valence-corrected chi connectivity index (χ3v) is 3.65. The Balaban J connectivity index is 1.70. The van der Waals surface area contributed by atoms with Gasteiger partial charge in [-0.25, -0.2) is 4.39 Å². The maximum absolute atomic E-state index is 14.1. The number of carbonyl (C=O) groups is 2. The van der Waals surface area contributed by atoms with Crippen molar-refractivity contribution in [1.29, 1.82) is 0 Å². The number of benzene rings is 2. The van der Waals surface area contributed by atoms with Crippen molar-refractivity contribution >= 4 is 11.8 Å². The minimum Gasteiger partial charge on any atom is -0.274 e. The van der Waals surface area contributed by atoms with Crippen LogP contribution in [-0.2, 0) is 0 Å². The first-order valence-corrected chi connectivity index (χ1v) is 6.82. The molecule has 0 saturated carbocycles. The van der Waals surface area contributed by atoms with Crippen LogP contribution in [0.4, 0.5) is 4.39 Å². The predicted octanol–water partition coefficient (Wildman–Crippen LogP) is 3.38. The van der Waals surface area contributed by atoms with Crippen LogP contribution in [0.3, 0.4) is 0 Å². The summed E-state index contributed by atoms with van der Waals surface area (Å²) < 4.78 is 14.1. The standard InChI is InChI=1S/C17H14FNO2/c18-15(12-6-2-1-3-7-12)10-11-19-16(20)13-8-4-5-9-14(13)17(19)21/h1-9,15H,10-11H2. The summed E-state index contributed by atoms with van der Waals surface area (Å²) in [5.41, 5.74) is 1.37. The molecule has 0 fully saturated rings. The molecule has 4 heteroatoms. The molecule has 3 nitrogen and oxygen atoms in total. The molecule has 2 aromatic carbocycles. The highest BCUT2D eigenvalue weighted by atomic mass is 19.1. The smallest absolute Gasteiger partial charge is 0.261 e. The highest BCUT2D eigenvalue weighted by Gasteiger charge is 2.35. The van der Waals surface area contributed by atoms with E-state index in [0.717, 1.165) is 4.90 Å². The lowest BCUT2D eigenvalue weighted by atomic mass is 10.1. The van der Waals surface area contributed by atoms with E-state index in [-0.39, 0.29) is 24.8 Å². The van der Waals surface area contributed by atoms with Gasteiger partial charge >= 0.3 is 0 Å². The minimum atomic E-state index is -1.18. The van der Waals surface area contributed by atoms with Crippen molar-refractivity contribution in [3.63, 3.8) is 0 Å². The molecule has 2 aromatic rings. The van der Waals surface area contributed by atoms with Gasteiger partial charge in [0.1, 0.15) is 6.17 Å². The number of alkyl halides is 1. The van der Waals surface area contributed by atoms with Crippen LogP contribution in [0.1, 0.15) is 38.9 Å². The Morgan fingerprint density at radius 2 is 1.38 bits per heavy atom. The molecule has 1 aliphatic heterocycles. The Kier molecular flexibility index (Phi) is 3.52. The summed E-state index contributed by atoms with van der Waals surface area (Å²) in [7, 11) is 0. The van der Waals surface area contributed by atoms with E-state index in [1.807, 2.05) is 6.07 Å². The highest BCUT2D eigenvalue weighted by molar-refractivity contribution is 6.21. The zero-order valence-electron chi connectivity index (χ0n) is 11.3. The van der Waals surface area contributed by atoms with Gasteiger partial charge in [-0.2, -0.15) is 0 Å². The van der Waals surface area contributed by atoms with Crippen molar-refractivity contribution in [2.24, 2.45) is 0 Å². The van der Waals surface area contributed by atoms with Crippen LogP contribution >= 0.6 is 0 Å². The van der Waals surface area contributed by atoms with E-state index in [9.17, 15) is 14.0 Å². The Hall–Kier alpha value is -2.49. The van der Waals surface area contributed by atoms with Crippen molar-refractivity contribution in [2.75, 3.05) is 6.54 Å². The average molecular weight is 283 g/mol. The molecule has 1 heterocycles. The number of halogens is 1. The fourth-order valence-electron chi connectivity index (χ4n) is 2.51. The molecule has 0 radical (unpaired) electrons. The summed E-state index contributed by atoms with van der Waals surface area (Å²) in [6, 6.07) is 15.4.